The zero-order valence-electron chi connectivity index (χ0n) is 10.6. The predicted octanol–water partition coefficient (Wildman–Crippen LogP) is 3.27. The molecule has 1 heterocycles. The number of hydrogen-bond acceptors (Lipinski definition) is 3. The van der Waals surface area contributed by atoms with Gasteiger partial charge >= 0.3 is 0 Å². The molecule has 1 fully saturated rings. The van der Waals surface area contributed by atoms with Crippen molar-refractivity contribution in [3.8, 4) is 11.8 Å². The maximum atomic E-state index is 9.12. The van der Waals surface area contributed by atoms with Crippen LogP contribution >= 0.6 is 0 Å². The summed E-state index contributed by atoms with van der Waals surface area (Å²) < 4.78 is 11.4. The molecule has 1 aliphatic rings. The van der Waals surface area contributed by atoms with E-state index in [1.165, 1.54) is 0 Å². The lowest BCUT2D eigenvalue weighted by molar-refractivity contribution is 0.0685. The van der Waals surface area contributed by atoms with E-state index in [1.54, 1.807) is 0 Å². The number of rotatable bonds is 3. The first kappa shape index (κ1) is 12.0. The summed E-state index contributed by atoms with van der Waals surface area (Å²) >= 11 is 0. The van der Waals surface area contributed by atoms with Crippen LogP contribution in [0.4, 0.5) is 0 Å². The van der Waals surface area contributed by atoms with Gasteiger partial charge < -0.3 is 9.47 Å². The molecule has 96 valence electrons. The summed E-state index contributed by atoms with van der Waals surface area (Å²) in [7, 11) is 0. The molecule has 1 unspecified atom stereocenters. The maximum Gasteiger partial charge on any atom is 0.127 e. The van der Waals surface area contributed by atoms with Gasteiger partial charge in [0.05, 0.1) is 17.7 Å². The lowest BCUT2D eigenvalue weighted by Gasteiger charge is -2.13. The Bertz CT molecular complexity index is 624. The smallest absolute Gasteiger partial charge is 0.127 e. The first-order valence-electron chi connectivity index (χ1n) is 6.55. The van der Waals surface area contributed by atoms with E-state index < -0.39 is 0 Å². The second kappa shape index (κ2) is 5.29. The van der Waals surface area contributed by atoms with Gasteiger partial charge in [0.15, 0.2) is 0 Å². The fourth-order valence-electron chi connectivity index (χ4n) is 2.45. The van der Waals surface area contributed by atoms with Gasteiger partial charge in [0.25, 0.3) is 0 Å². The zero-order valence-corrected chi connectivity index (χ0v) is 10.6. The molecule has 3 nitrogen and oxygen atoms in total. The molecule has 19 heavy (non-hydrogen) atoms. The summed E-state index contributed by atoms with van der Waals surface area (Å²) in [5.41, 5.74) is 0.681. The Hall–Kier alpha value is -2.05. The zero-order chi connectivity index (χ0) is 13.1. The lowest BCUT2D eigenvalue weighted by Crippen LogP contribution is -2.16. The number of fused-ring (bicyclic) bond motifs is 1. The van der Waals surface area contributed by atoms with Crippen LogP contribution in [0.5, 0.6) is 5.75 Å². The van der Waals surface area contributed by atoms with E-state index in [0.717, 1.165) is 36.0 Å². The summed E-state index contributed by atoms with van der Waals surface area (Å²) in [4.78, 5) is 0. The molecule has 0 amide bonds. The molecule has 3 heteroatoms. The third kappa shape index (κ3) is 2.40. The van der Waals surface area contributed by atoms with E-state index in [-0.39, 0.29) is 6.10 Å². The van der Waals surface area contributed by atoms with Gasteiger partial charge in [-0.3, -0.25) is 0 Å². The number of nitriles is 1. The van der Waals surface area contributed by atoms with Crippen molar-refractivity contribution in [2.75, 3.05) is 13.2 Å². The number of ether oxygens (including phenoxy) is 2. The van der Waals surface area contributed by atoms with Crippen LogP contribution in [0.25, 0.3) is 10.8 Å². The molecule has 2 aromatic carbocycles. The summed E-state index contributed by atoms with van der Waals surface area (Å²) in [6.07, 6.45) is 2.38. The van der Waals surface area contributed by atoms with E-state index in [0.29, 0.717) is 12.2 Å². The van der Waals surface area contributed by atoms with Crippen LogP contribution in [-0.2, 0) is 4.74 Å². The monoisotopic (exact) mass is 253 g/mol. The van der Waals surface area contributed by atoms with E-state index >= 15 is 0 Å². The number of hydrogen-bond donors (Lipinski definition) is 0. The van der Waals surface area contributed by atoms with Gasteiger partial charge in [-0.15, -0.1) is 0 Å². The van der Waals surface area contributed by atoms with Gasteiger partial charge in [-0.25, -0.2) is 0 Å². The summed E-state index contributed by atoms with van der Waals surface area (Å²) in [5.74, 6) is 0.824. The average Bonchev–Trinajstić information content (AvgIpc) is 2.98. The Balaban J connectivity index is 1.89. The fraction of sp³-hybridized carbons (Fsp3) is 0.312. The van der Waals surface area contributed by atoms with Crippen molar-refractivity contribution in [1.82, 2.24) is 0 Å². The van der Waals surface area contributed by atoms with E-state index in [2.05, 4.69) is 6.07 Å². The highest BCUT2D eigenvalue weighted by Crippen LogP contribution is 2.28. The van der Waals surface area contributed by atoms with Crippen molar-refractivity contribution in [2.24, 2.45) is 0 Å². The highest BCUT2D eigenvalue weighted by molar-refractivity contribution is 5.92. The van der Waals surface area contributed by atoms with Crippen LogP contribution < -0.4 is 4.74 Å². The Morgan fingerprint density at radius 1 is 1.21 bits per heavy atom. The van der Waals surface area contributed by atoms with Crippen molar-refractivity contribution in [3.05, 3.63) is 42.0 Å². The molecule has 3 rings (SSSR count). The van der Waals surface area contributed by atoms with Crippen LogP contribution in [0.2, 0.25) is 0 Å². The van der Waals surface area contributed by atoms with Crippen molar-refractivity contribution in [1.29, 1.82) is 5.26 Å². The highest BCUT2D eigenvalue weighted by atomic mass is 16.5. The van der Waals surface area contributed by atoms with Crippen molar-refractivity contribution in [3.63, 3.8) is 0 Å². The fourth-order valence-corrected chi connectivity index (χ4v) is 2.45. The first-order chi connectivity index (χ1) is 9.38. The lowest BCUT2D eigenvalue weighted by atomic mass is 10.0. The van der Waals surface area contributed by atoms with Crippen LogP contribution in [0, 0.1) is 11.3 Å². The quantitative estimate of drug-likeness (QED) is 0.843. The maximum absolute atomic E-state index is 9.12. The molecule has 1 atom stereocenters. The molecule has 0 radical (unpaired) electrons. The molecule has 0 spiro atoms. The van der Waals surface area contributed by atoms with Gasteiger partial charge in [-0.05, 0) is 25.0 Å². The minimum absolute atomic E-state index is 0.203. The van der Waals surface area contributed by atoms with Gasteiger partial charge in [0.1, 0.15) is 12.4 Å². The van der Waals surface area contributed by atoms with E-state index in [1.807, 2.05) is 36.4 Å². The molecular weight excluding hydrogens is 238 g/mol. The SMILES string of the molecule is N#Cc1ccc(OCC2CCCO2)c2ccccc12. The van der Waals surface area contributed by atoms with Gasteiger partial charge in [-0.2, -0.15) is 5.26 Å². The van der Waals surface area contributed by atoms with Crippen LogP contribution in [0.1, 0.15) is 18.4 Å². The normalized spacial score (nSPS) is 18.4. The molecule has 1 aliphatic heterocycles. The largest absolute Gasteiger partial charge is 0.490 e. The van der Waals surface area contributed by atoms with Gasteiger partial charge in [-0.1, -0.05) is 24.3 Å². The van der Waals surface area contributed by atoms with Crippen molar-refractivity contribution < 1.29 is 9.47 Å². The molecule has 0 saturated carbocycles. The molecule has 0 aliphatic carbocycles. The topological polar surface area (TPSA) is 42.2 Å². The molecule has 0 aromatic heterocycles. The third-order valence-electron chi connectivity index (χ3n) is 3.45. The predicted molar refractivity (Wildman–Crippen MR) is 73.1 cm³/mol. The highest BCUT2D eigenvalue weighted by Gasteiger charge is 2.16. The molecule has 2 aromatic rings. The molecule has 0 bridgehead atoms. The van der Waals surface area contributed by atoms with Crippen LogP contribution in [-0.4, -0.2) is 19.3 Å². The summed E-state index contributed by atoms with van der Waals surface area (Å²) in [6.45, 7) is 1.41. The van der Waals surface area contributed by atoms with Crippen LogP contribution in [0.15, 0.2) is 36.4 Å². The second-order valence-electron chi connectivity index (χ2n) is 4.71. The molecule has 0 N–H and O–H groups in total. The first-order valence-corrected chi connectivity index (χ1v) is 6.55. The molecule has 1 saturated heterocycles. The second-order valence-corrected chi connectivity index (χ2v) is 4.71. The Morgan fingerprint density at radius 3 is 2.79 bits per heavy atom. The standard InChI is InChI=1S/C16H15NO2/c17-10-12-7-8-16(15-6-2-1-5-14(12)15)19-11-13-4-3-9-18-13/h1-2,5-8,13H,3-4,9,11H2. The summed E-state index contributed by atoms with van der Waals surface area (Å²) in [6, 6.07) is 13.7. The number of nitrogens with zero attached hydrogens (tertiary/aromatic N) is 1. The van der Waals surface area contributed by atoms with E-state index in [9.17, 15) is 0 Å². The Morgan fingerprint density at radius 2 is 2.05 bits per heavy atom. The van der Waals surface area contributed by atoms with Crippen molar-refractivity contribution in [2.45, 2.75) is 18.9 Å². The summed E-state index contributed by atoms with van der Waals surface area (Å²) in [5, 5.41) is 11.0. The van der Waals surface area contributed by atoms with Gasteiger partial charge in [0, 0.05) is 17.4 Å². The van der Waals surface area contributed by atoms with Crippen LogP contribution in [0.3, 0.4) is 0 Å². The molecular formula is C16H15NO2. The third-order valence-corrected chi connectivity index (χ3v) is 3.45. The van der Waals surface area contributed by atoms with Crippen molar-refractivity contribution >= 4 is 10.8 Å². The van der Waals surface area contributed by atoms with E-state index in [4.69, 9.17) is 14.7 Å². The average molecular weight is 253 g/mol. The Labute approximate surface area is 112 Å². The Kier molecular flexibility index (Phi) is 3.35. The minimum atomic E-state index is 0.203. The van der Waals surface area contributed by atoms with Gasteiger partial charge in [0.2, 0.25) is 0 Å². The number of benzene rings is 2. The minimum Gasteiger partial charge on any atom is -0.490 e.